The van der Waals surface area contributed by atoms with Crippen LogP contribution in [-0.4, -0.2) is 17.6 Å². The van der Waals surface area contributed by atoms with Gasteiger partial charge in [0.05, 0.1) is 18.2 Å². The van der Waals surface area contributed by atoms with Crippen LogP contribution in [0.5, 0.6) is 0 Å². The lowest BCUT2D eigenvalue weighted by Gasteiger charge is -1.96. The minimum Gasteiger partial charge on any atom is -0.461 e. The standard InChI is InChI=1S/C12H10N2O2.C2H6/c1-2-16-12(15)11-6-9-4-3-8(7-13)5-10(9)14-11;1-2/h3-6,14H,2H2,1H3;1-2H3. The summed E-state index contributed by atoms with van der Waals surface area (Å²) < 4.78 is 4.88. The van der Waals surface area contributed by atoms with Crippen LogP contribution < -0.4 is 0 Å². The number of nitriles is 1. The molecule has 0 bridgehead atoms. The van der Waals surface area contributed by atoms with Gasteiger partial charge in [-0.2, -0.15) is 5.26 Å². The van der Waals surface area contributed by atoms with Crippen LogP contribution in [0.1, 0.15) is 36.8 Å². The third-order valence-corrected chi connectivity index (χ3v) is 2.25. The van der Waals surface area contributed by atoms with E-state index in [1.165, 1.54) is 0 Å². The molecule has 0 fully saturated rings. The minimum absolute atomic E-state index is 0.345. The Kier molecular flexibility index (Phi) is 4.94. The monoisotopic (exact) mass is 244 g/mol. The van der Waals surface area contributed by atoms with Gasteiger partial charge in [0.25, 0.3) is 0 Å². The maximum atomic E-state index is 11.5. The molecular weight excluding hydrogens is 228 g/mol. The topological polar surface area (TPSA) is 65.9 Å². The summed E-state index contributed by atoms with van der Waals surface area (Å²) in [6, 6.07) is 8.98. The van der Waals surface area contributed by atoms with E-state index in [-0.39, 0.29) is 5.97 Å². The van der Waals surface area contributed by atoms with Gasteiger partial charge in [-0.1, -0.05) is 19.9 Å². The molecule has 0 amide bonds. The number of ether oxygens (including phenoxy) is 1. The molecule has 1 aromatic heterocycles. The van der Waals surface area contributed by atoms with Crippen LogP contribution in [0, 0.1) is 11.3 Å². The molecule has 0 spiro atoms. The molecule has 0 atom stereocenters. The van der Waals surface area contributed by atoms with E-state index < -0.39 is 0 Å². The minimum atomic E-state index is -0.378. The number of rotatable bonds is 2. The third-order valence-electron chi connectivity index (χ3n) is 2.25. The molecule has 18 heavy (non-hydrogen) atoms. The van der Waals surface area contributed by atoms with Crippen LogP contribution >= 0.6 is 0 Å². The van der Waals surface area contributed by atoms with Crippen molar-refractivity contribution in [2.75, 3.05) is 6.61 Å². The number of hydrogen-bond acceptors (Lipinski definition) is 3. The molecule has 0 saturated carbocycles. The maximum Gasteiger partial charge on any atom is 0.354 e. The van der Waals surface area contributed by atoms with Crippen molar-refractivity contribution >= 4 is 16.9 Å². The fourth-order valence-electron chi connectivity index (χ4n) is 1.52. The fourth-order valence-corrected chi connectivity index (χ4v) is 1.52. The van der Waals surface area contributed by atoms with Crippen molar-refractivity contribution in [2.45, 2.75) is 20.8 Å². The molecule has 4 heteroatoms. The van der Waals surface area contributed by atoms with Crippen molar-refractivity contribution in [3.8, 4) is 6.07 Å². The lowest BCUT2D eigenvalue weighted by Crippen LogP contribution is -2.04. The summed E-state index contributed by atoms with van der Waals surface area (Å²) in [5, 5.41) is 9.63. The first-order valence-corrected chi connectivity index (χ1v) is 5.94. The van der Waals surface area contributed by atoms with E-state index in [0.717, 1.165) is 10.9 Å². The Labute approximate surface area is 106 Å². The van der Waals surface area contributed by atoms with E-state index in [1.54, 1.807) is 31.2 Å². The van der Waals surface area contributed by atoms with Crippen LogP contribution in [0.15, 0.2) is 24.3 Å². The number of carbonyl (C=O) groups excluding carboxylic acids is 1. The summed E-state index contributed by atoms with van der Waals surface area (Å²) in [4.78, 5) is 14.4. The van der Waals surface area contributed by atoms with Gasteiger partial charge >= 0.3 is 5.97 Å². The second kappa shape index (κ2) is 6.45. The van der Waals surface area contributed by atoms with E-state index in [1.807, 2.05) is 19.9 Å². The van der Waals surface area contributed by atoms with E-state index in [4.69, 9.17) is 10.00 Å². The zero-order valence-corrected chi connectivity index (χ0v) is 10.8. The number of nitrogens with zero attached hydrogens (tertiary/aromatic N) is 1. The lowest BCUT2D eigenvalue weighted by atomic mass is 10.2. The second-order valence-corrected chi connectivity index (χ2v) is 3.32. The number of benzene rings is 1. The number of hydrogen-bond donors (Lipinski definition) is 1. The molecular formula is C14H16N2O2. The van der Waals surface area contributed by atoms with E-state index in [2.05, 4.69) is 4.98 Å². The van der Waals surface area contributed by atoms with Gasteiger partial charge in [0, 0.05) is 10.9 Å². The molecule has 0 aliphatic heterocycles. The van der Waals surface area contributed by atoms with Crippen molar-refractivity contribution in [1.82, 2.24) is 4.98 Å². The molecule has 0 saturated heterocycles. The number of nitrogens with one attached hydrogen (secondary N) is 1. The molecule has 0 aliphatic rings. The predicted octanol–water partition coefficient (Wildman–Crippen LogP) is 3.24. The fraction of sp³-hybridized carbons (Fsp3) is 0.286. The van der Waals surface area contributed by atoms with Crippen molar-refractivity contribution < 1.29 is 9.53 Å². The Hall–Kier alpha value is -2.28. The zero-order valence-electron chi connectivity index (χ0n) is 10.8. The van der Waals surface area contributed by atoms with Crippen LogP contribution in [0.3, 0.4) is 0 Å². The summed E-state index contributed by atoms with van der Waals surface area (Å²) >= 11 is 0. The summed E-state index contributed by atoms with van der Waals surface area (Å²) in [5.41, 5.74) is 1.74. The van der Waals surface area contributed by atoms with E-state index in [0.29, 0.717) is 17.9 Å². The highest BCUT2D eigenvalue weighted by atomic mass is 16.5. The molecule has 0 unspecified atom stereocenters. The molecule has 1 aromatic carbocycles. The van der Waals surface area contributed by atoms with Gasteiger partial charge in [-0.05, 0) is 25.1 Å². The highest BCUT2D eigenvalue weighted by Crippen LogP contribution is 2.17. The molecule has 1 N–H and O–H groups in total. The van der Waals surface area contributed by atoms with E-state index >= 15 is 0 Å². The first-order valence-electron chi connectivity index (χ1n) is 5.94. The zero-order chi connectivity index (χ0) is 13.5. The Morgan fingerprint density at radius 3 is 2.72 bits per heavy atom. The molecule has 94 valence electrons. The van der Waals surface area contributed by atoms with Crippen molar-refractivity contribution in [1.29, 1.82) is 5.26 Å². The normalized spacial score (nSPS) is 9.22. The molecule has 0 aliphatic carbocycles. The van der Waals surface area contributed by atoms with Crippen molar-refractivity contribution in [2.24, 2.45) is 0 Å². The van der Waals surface area contributed by atoms with Crippen molar-refractivity contribution in [3.05, 3.63) is 35.5 Å². The predicted molar refractivity (Wildman–Crippen MR) is 70.3 cm³/mol. The van der Waals surface area contributed by atoms with Gasteiger partial charge in [-0.3, -0.25) is 0 Å². The Morgan fingerprint density at radius 2 is 2.11 bits per heavy atom. The van der Waals surface area contributed by atoms with Gasteiger partial charge in [0.2, 0.25) is 0 Å². The maximum absolute atomic E-state index is 11.5. The van der Waals surface area contributed by atoms with Gasteiger partial charge in [-0.15, -0.1) is 0 Å². The number of aromatic amines is 1. The van der Waals surface area contributed by atoms with E-state index in [9.17, 15) is 4.79 Å². The SMILES string of the molecule is CC.CCOC(=O)c1cc2ccc(C#N)cc2[nH]1. The average molecular weight is 244 g/mol. The van der Waals surface area contributed by atoms with Gasteiger partial charge < -0.3 is 9.72 Å². The van der Waals surface area contributed by atoms with Crippen molar-refractivity contribution in [3.63, 3.8) is 0 Å². The Bertz CT molecular complexity index is 579. The third kappa shape index (κ3) is 2.89. The number of fused-ring (bicyclic) bond motifs is 1. The molecule has 2 aromatic rings. The first-order chi connectivity index (χ1) is 8.74. The Balaban J connectivity index is 0.000000771. The number of H-pyrrole nitrogens is 1. The summed E-state index contributed by atoms with van der Waals surface area (Å²) in [5.74, 6) is -0.378. The van der Waals surface area contributed by atoms with Gasteiger partial charge in [0.15, 0.2) is 0 Å². The summed E-state index contributed by atoms with van der Waals surface area (Å²) in [7, 11) is 0. The largest absolute Gasteiger partial charge is 0.461 e. The van der Waals surface area contributed by atoms with Crippen LogP contribution in [0.2, 0.25) is 0 Å². The quantitative estimate of drug-likeness (QED) is 0.824. The second-order valence-electron chi connectivity index (χ2n) is 3.32. The lowest BCUT2D eigenvalue weighted by molar-refractivity contribution is 0.0520. The number of esters is 1. The van der Waals surface area contributed by atoms with Crippen LogP contribution in [0.25, 0.3) is 10.9 Å². The Morgan fingerprint density at radius 1 is 1.39 bits per heavy atom. The first kappa shape index (κ1) is 13.8. The van der Waals surface area contributed by atoms with Gasteiger partial charge in [0.1, 0.15) is 5.69 Å². The highest BCUT2D eigenvalue weighted by Gasteiger charge is 2.10. The van der Waals surface area contributed by atoms with Crippen LogP contribution in [0.4, 0.5) is 0 Å². The molecule has 4 nitrogen and oxygen atoms in total. The smallest absolute Gasteiger partial charge is 0.354 e. The van der Waals surface area contributed by atoms with Crippen LogP contribution in [-0.2, 0) is 4.74 Å². The summed E-state index contributed by atoms with van der Waals surface area (Å²) in [6.07, 6.45) is 0. The highest BCUT2D eigenvalue weighted by molar-refractivity contribution is 5.95. The molecule has 2 rings (SSSR count). The summed E-state index contributed by atoms with van der Waals surface area (Å²) in [6.45, 7) is 6.10. The number of carbonyl (C=O) groups is 1. The molecule has 0 radical (unpaired) electrons. The van der Waals surface area contributed by atoms with Gasteiger partial charge in [-0.25, -0.2) is 4.79 Å². The average Bonchev–Trinajstić information content (AvgIpc) is 2.84. The number of aromatic nitrogens is 1. The molecule has 1 heterocycles.